The Morgan fingerprint density at radius 2 is 2.11 bits per heavy atom. The molecule has 0 bridgehead atoms. The molecule has 2 unspecified atom stereocenters. The van der Waals surface area contributed by atoms with Crippen LogP contribution in [-0.2, 0) is 6.42 Å². The Hall–Kier alpha value is -1.08. The van der Waals surface area contributed by atoms with Crippen molar-refractivity contribution in [2.45, 2.75) is 56.9 Å². The van der Waals surface area contributed by atoms with Crippen LogP contribution in [0.25, 0.3) is 0 Å². The zero-order chi connectivity index (χ0) is 12.8. The molecular formula is C17H25N. The zero-order valence-electron chi connectivity index (χ0n) is 11.3. The summed E-state index contributed by atoms with van der Waals surface area (Å²) >= 11 is 0. The first kappa shape index (κ1) is 13.4. The molecule has 1 aliphatic carbocycles. The highest BCUT2D eigenvalue weighted by atomic mass is 14.7. The largest absolute Gasteiger partial charge is 0.327 e. The lowest BCUT2D eigenvalue weighted by molar-refractivity contribution is 0.471. The second kappa shape index (κ2) is 6.75. The minimum absolute atomic E-state index is 0.345. The van der Waals surface area contributed by atoms with Gasteiger partial charge in [0.25, 0.3) is 0 Å². The molecule has 0 saturated heterocycles. The Bertz CT molecular complexity index is 383. The summed E-state index contributed by atoms with van der Waals surface area (Å²) in [5, 5.41) is 0. The molecule has 0 saturated carbocycles. The third-order valence-corrected chi connectivity index (χ3v) is 4.14. The summed E-state index contributed by atoms with van der Waals surface area (Å²) in [5.74, 6) is 0.598. The van der Waals surface area contributed by atoms with Crippen molar-refractivity contribution < 1.29 is 0 Å². The second-order valence-corrected chi connectivity index (χ2v) is 5.43. The Balaban J connectivity index is 1.80. The van der Waals surface area contributed by atoms with Crippen LogP contribution in [-0.4, -0.2) is 6.04 Å². The number of allylic oxidation sites excluding steroid dienone is 1. The average molecular weight is 243 g/mol. The highest BCUT2D eigenvalue weighted by Gasteiger charge is 2.26. The maximum atomic E-state index is 6.39. The van der Waals surface area contributed by atoms with Crippen LogP contribution < -0.4 is 5.73 Å². The van der Waals surface area contributed by atoms with Gasteiger partial charge in [-0.2, -0.15) is 0 Å². The number of benzene rings is 1. The van der Waals surface area contributed by atoms with Crippen molar-refractivity contribution in [3.8, 4) is 0 Å². The number of aryl methyl sites for hydroxylation is 1. The van der Waals surface area contributed by atoms with Crippen molar-refractivity contribution in [3.63, 3.8) is 0 Å². The predicted molar refractivity (Wildman–Crippen MR) is 78.8 cm³/mol. The van der Waals surface area contributed by atoms with Crippen LogP contribution in [0.1, 0.15) is 55.6 Å². The first-order valence-electron chi connectivity index (χ1n) is 7.27. The molecule has 0 radical (unpaired) electrons. The maximum Gasteiger partial charge on any atom is 0.0108 e. The van der Waals surface area contributed by atoms with Gasteiger partial charge in [-0.05, 0) is 49.1 Å². The third-order valence-electron chi connectivity index (χ3n) is 4.14. The van der Waals surface area contributed by atoms with Crippen molar-refractivity contribution >= 4 is 0 Å². The zero-order valence-corrected chi connectivity index (χ0v) is 11.3. The molecule has 0 heterocycles. The van der Waals surface area contributed by atoms with Crippen LogP contribution in [0.2, 0.25) is 0 Å². The third kappa shape index (κ3) is 3.23. The molecule has 0 amide bonds. The summed E-state index contributed by atoms with van der Waals surface area (Å²) < 4.78 is 0. The van der Waals surface area contributed by atoms with Gasteiger partial charge in [-0.1, -0.05) is 43.2 Å². The van der Waals surface area contributed by atoms with Crippen LogP contribution in [0.15, 0.2) is 36.9 Å². The molecule has 1 aromatic carbocycles. The molecule has 1 heteroatoms. The molecule has 0 fully saturated rings. The fourth-order valence-corrected chi connectivity index (χ4v) is 3.08. The van der Waals surface area contributed by atoms with Crippen molar-refractivity contribution in [2.75, 3.05) is 0 Å². The molecule has 98 valence electrons. The molecule has 2 rings (SSSR count). The van der Waals surface area contributed by atoms with Gasteiger partial charge in [0.05, 0.1) is 0 Å². The van der Waals surface area contributed by atoms with E-state index in [1.54, 1.807) is 0 Å². The highest BCUT2D eigenvalue weighted by Crippen LogP contribution is 2.35. The second-order valence-electron chi connectivity index (χ2n) is 5.43. The minimum Gasteiger partial charge on any atom is -0.327 e. The smallest absolute Gasteiger partial charge is 0.0108 e. The quantitative estimate of drug-likeness (QED) is 0.564. The topological polar surface area (TPSA) is 26.0 Å². The van der Waals surface area contributed by atoms with Crippen molar-refractivity contribution in [3.05, 3.63) is 48.0 Å². The summed E-state index contributed by atoms with van der Waals surface area (Å²) in [5.41, 5.74) is 9.42. The van der Waals surface area contributed by atoms with Gasteiger partial charge in [-0.15, -0.1) is 6.58 Å². The number of fused-ring (bicyclic) bond motifs is 1. The summed E-state index contributed by atoms with van der Waals surface area (Å²) in [7, 11) is 0. The Morgan fingerprint density at radius 1 is 1.28 bits per heavy atom. The molecule has 1 aromatic rings. The van der Waals surface area contributed by atoms with Crippen molar-refractivity contribution in [1.29, 1.82) is 0 Å². The number of hydrogen-bond acceptors (Lipinski definition) is 1. The van der Waals surface area contributed by atoms with E-state index in [-0.39, 0.29) is 0 Å². The Labute approximate surface area is 111 Å². The number of rotatable bonds is 7. The van der Waals surface area contributed by atoms with E-state index in [0.717, 1.165) is 12.8 Å². The summed E-state index contributed by atoms with van der Waals surface area (Å²) in [4.78, 5) is 0. The summed E-state index contributed by atoms with van der Waals surface area (Å²) in [6.07, 6.45) is 10.6. The lowest BCUT2D eigenvalue weighted by Crippen LogP contribution is -2.27. The van der Waals surface area contributed by atoms with E-state index in [1.165, 1.54) is 43.2 Å². The van der Waals surface area contributed by atoms with Crippen molar-refractivity contribution in [1.82, 2.24) is 0 Å². The SMILES string of the molecule is C=CCCCCCC(N)C1CCc2ccccc21. The molecule has 2 atom stereocenters. The number of hydrogen-bond donors (Lipinski definition) is 1. The van der Waals surface area contributed by atoms with Crippen LogP contribution >= 0.6 is 0 Å². The van der Waals surface area contributed by atoms with Gasteiger partial charge in [0, 0.05) is 6.04 Å². The standard InChI is InChI=1S/C17H25N/c1-2-3-4-5-6-11-17(18)16-13-12-14-9-7-8-10-15(14)16/h2,7-10,16-17H,1,3-6,11-13,18H2. The van der Waals surface area contributed by atoms with Gasteiger partial charge in [0.15, 0.2) is 0 Å². The first-order chi connectivity index (χ1) is 8.83. The van der Waals surface area contributed by atoms with Gasteiger partial charge < -0.3 is 5.73 Å². The van der Waals surface area contributed by atoms with Gasteiger partial charge in [0.2, 0.25) is 0 Å². The van der Waals surface area contributed by atoms with Crippen LogP contribution in [0.3, 0.4) is 0 Å². The van der Waals surface area contributed by atoms with E-state index in [0.29, 0.717) is 12.0 Å². The van der Waals surface area contributed by atoms with Crippen LogP contribution in [0.4, 0.5) is 0 Å². The molecular weight excluding hydrogens is 218 g/mol. The normalized spacial score (nSPS) is 19.5. The fourth-order valence-electron chi connectivity index (χ4n) is 3.08. The molecule has 1 nitrogen and oxygen atoms in total. The van der Waals surface area contributed by atoms with E-state index >= 15 is 0 Å². The Morgan fingerprint density at radius 3 is 2.94 bits per heavy atom. The van der Waals surface area contributed by atoms with Crippen LogP contribution in [0.5, 0.6) is 0 Å². The van der Waals surface area contributed by atoms with E-state index in [1.807, 2.05) is 6.08 Å². The number of unbranched alkanes of at least 4 members (excludes halogenated alkanes) is 3. The molecule has 0 aliphatic heterocycles. The van der Waals surface area contributed by atoms with Crippen LogP contribution in [0, 0.1) is 0 Å². The summed E-state index contributed by atoms with van der Waals surface area (Å²) in [6.45, 7) is 3.76. The van der Waals surface area contributed by atoms with E-state index in [9.17, 15) is 0 Å². The molecule has 1 aliphatic rings. The number of nitrogens with two attached hydrogens (primary N) is 1. The highest BCUT2D eigenvalue weighted by molar-refractivity contribution is 5.35. The van der Waals surface area contributed by atoms with Gasteiger partial charge in [-0.3, -0.25) is 0 Å². The molecule has 0 aromatic heterocycles. The van der Waals surface area contributed by atoms with Gasteiger partial charge in [0.1, 0.15) is 0 Å². The lowest BCUT2D eigenvalue weighted by atomic mass is 9.90. The first-order valence-corrected chi connectivity index (χ1v) is 7.27. The lowest BCUT2D eigenvalue weighted by Gasteiger charge is -2.20. The fraction of sp³-hybridized carbons (Fsp3) is 0.529. The molecule has 0 spiro atoms. The monoisotopic (exact) mass is 243 g/mol. The van der Waals surface area contributed by atoms with Gasteiger partial charge in [-0.25, -0.2) is 0 Å². The van der Waals surface area contributed by atoms with E-state index in [4.69, 9.17) is 5.73 Å². The maximum absolute atomic E-state index is 6.39. The Kier molecular flexibility index (Phi) is 5.00. The summed E-state index contributed by atoms with van der Waals surface area (Å²) in [6, 6.07) is 9.16. The predicted octanol–water partition coefficient (Wildman–Crippen LogP) is 4.18. The molecule has 2 N–H and O–H groups in total. The molecule has 18 heavy (non-hydrogen) atoms. The average Bonchev–Trinajstić information content (AvgIpc) is 2.82. The van der Waals surface area contributed by atoms with Crippen molar-refractivity contribution in [2.24, 2.45) is 5.73 Å². The van der Waals surface area contributed by atoms with E-state index < -0.39 is 0 Å². The van der Waals surface area contributed by atoms with Gasteiger partial charge >= 0.3 is 0 Å². The van der Waals surface area contributed by atoms with E-state index in [2.05, 4.69) is 30.8 Å². The minimum atomic E-state index is 0.345.